The lowest BCUT2D eigenvalue weighted by Crippen LogP contribution is -2.46. The van der Waals surface area contributed by atoms with Crippen LogP contribution in [-0.4, -0.2) is 36.0 Å². The molecule has 0 unspecified atom stereocenters. The number of imidazole rings is 1. The van der Waals surface area contributed by atoms with Crippen LogP contribution in [0.1, 0.15) is 60.3 Å². The number of hydrogen-bond donors (Lipinski definition) is 2. The summed E-state index contributed by atoms with van der Waals surface area (Å²) in [6, 6.07) is 6.21. The number of hydrogen-bond acceptors (Lipinski definition) is 7. The molecule has 0 radical (unpaired) electrons. The van der Waals surface area contributed by atoms with Gasteiger partial charge in [-0.25, -0.2) is 9.97 Å². The van der Waals surface area contributed by atoms with E-state index >= 15 is 0 Å². The Bertz CT molecular complexity index is 1260. The summed E-state index contributed by atoms with van der Waals surface area (Å²) in [5.74, 6) is -1.82. The number of halogens is 2. The maximum absolute atomic E-state index is 13.6. The summed E-state index contributed by atoms with van der Waals surface area (Å²) in [4.78, 5) is 26.2. The minimum Gasteiger partial charge on any atom is -0.438 e. The first-order valence-electron chi connectivity index (χ1n) is 9.36. The molecule has 160 valence electrons. The second-order valence-electron chi connectivity index (χ2n) is 7.62. The van der Waals surface area contributed by atoms with Crippen molar-refractivity contribution >= 4 is 17.0 Å². The van der Waals surface area contributed by atoms with Gasteiger partial charge in [-0.15, -0.1) is 8.78 Å². The van der Waals surface area contributed by atoms with Crippen LogP contribution in [0.25, 0.3) is 11.1 Å². The molecular formula is C19H17F2N6O4+. The van der Waals surface area contributed by atoms with Crippen LogP contribution in [0.15, 0.2) is 39.4 Å². The summed E-state index contributed by atoms with van der Waals surface area (Å²) in [5.41, 5.74) is 0.546. The molecule has 0 bridgehead atoms. The van der Waals surface area contributed by atoms with Gasteiger partial charge in [-0.3, -0.25) is 4.79 Å². The van der Waals surface area contributed by atoms with E-state index in [1.807, 2.05) is 0 Å². The third kappa shape index (κ3) is 3.06. The Hall–Kier alpha value is -3.67. The summed E-state index contributed by atoms with van der Waals surface area (Å²) >= 11 is 0. The van der Waals surface area contributed by atoms with Crippen molar-refractivity contribution in [3.63, 3.8) is 0 Å². The number of rotatable bonds is 4. The average molecular weight is 431 g/mol. The third-order valence-corrected chi connectivity index (χ3v) is 4.95. The number of aliphatic hydroxyl groups is 1. The Morgan fingerprint density at radius 2 is 2.13 bits per heavy atom. The highest BCUT2D eigenvalue weighted by Gasteiger charge is 2.48. The van der Waals surface area contributed by atoms with Crippen molar-refractivity contribution < 1.29 is 32.2 Å². The standard InChI is InChI=1S/C19H16F2N6O4/c1-19(2,29)17-25-27(18(20)21)16(31-17)15(28)26-7-10-12(23-8-22-10)13(26)14-24-9-5-3-4-6-11(9)30-14/h3-6,8,13,18,29H,7H2,1-2H3/p+1/t13-/m0/s1. The number of aromatic nitrogens is 5. The smallest absolute Gasteiger partial charge is 0.438 e. The lowest BCUT2D eigenvalue weighted by Gasteiger charge is -2.19. The molecule has 12 heteroatoms. The summed E-state index contributed by atoms with van der Waals surface area (Å²) in [5, 5.41) is 13.7. The van der Waals surface area contributed by atoms with Crippen molar-refractivity contribution in [1.82, 2.24) is 25.0 Å². The highest BCUT2D eigenvalue weighted by molar-refractivity contribution is 5.89. The predicted molar refractivity (Wildman–Crippen MR) is 97.5 cm³/mol. The molecule has 10 nitrogen and oxygen atoms in total. The summed E-state index contributed by atoms with van der Waals surface area (Å²) < 4.78 is 38.4. The fraction of sp³-hybridized carbons (Fsp3) is 0.316. The highest BCUT2D eigenvalue weighted by atomic mass is 19.3. The molecule has 1 aromatic carbocycles. The van der Waals surface area contributed by atoms with E-state index in [-0.39, 0.29) is 17.1 Å². The molecule has 0 saturated carbocycles. The number of amides is 1. The normalized spacial score (nSPS) is 16.5. The number of fused-ring (bicyclic) bond motifs is 2. The van der Waals surface area contributed by atoms with E-state index in [0.717, 1.165) is 0 Å². The van der Waals surface area contributed by atoms with Crippen molar-refractivity contribution in [2.45, 2.75) is 38.6 Å². The maximum atomic E-state index is 13.6. The van der Waals surface area contributed by atoms with Gasteiger partial charge in [-0.05, 0) is 26.0 Å². The van der Waals surface area contributed by atoms with Crippen LogP contribution in [0, 0.1) is 0 Å². The van der Waals surface area contributed by atoms with Gasteiger partial charge in [-0.1, -0.05) is 12.1 Å². The van der Waals surface area contributed by atoms with Gasteiger partial charge in [0.2, 0.25) is 5.89 Å². The molecular weight excluding hydrogens is 414 g/mol. The van der Waals surface area contributed by atoms with Crippen molar-refractivity contribution in [2.24, 2.45) is 0 Å². The number of carbonyl (C=O) groups is 1. The molecule has 1 atom stereocenters. The van der Waals surface area contributed by atoms with Crippen LogP contribution in [0.5, 0.6) is 0 Å². The molecule has 0 aliphatic carbocycles. The molecule has 3 aromatic heterocycles. The lowest BCUT2D eigenvalue weighted by molar-refractivity contribution is -0.824. The second-order valence-corrected chi connectivity index (χ2v) is 7.62. The molecule has 0 spiro atoms. The Kier molecular flexibility index (Phi) is 4.15. The number of nitrogens with zero attached hydrogens (tertiary/aromatic N) is 5. The molecule has 1 aliphatic heterocycles. The van der Waals surface area contributed by atoms with E-state index in [1.165, 1.54) is 25.1 Å². The van der Waals surface area contributed by atoms with E-state index in [0.29, 0.717) is 22.5 Å². The number of alkyl halides is 2. The van der Waals surface area contributed by atoms with Crippen LogP contribution in [-0.2, 0) is 12.1 Å². The fourth-order valence-electron chi connectivity index (χ4n) is 3.50. The number of oxazole rings is 1. The third-order valence-electron chi connectivity index (χ3n) is 4.95. The molecule has 2 N–H and O–H groups in total. The predicted octanol–water partition coefficient (Wildman–Crippen LogP) is 2.19. The minimum atomic E-state index is -3.15. The first kappa shape index (κ1) is 19.3. The molecule has 0 fully saturated rings. The minimum absolute atomic E-state index is 0.0410. The molecule has 5 rings (SSSR count). The van der Waals surface area contributed by atoms with Crippen molar-refractivity contribution in [2.75, 3.05) is 0 Å². The fourth-order valence-corrected chi connectivity index (χ4v) is 3.50. The van der Waals surface area contributed by atoms with E-state index < -0.39 is 35.9 Å². The number of H-pyrrole nitrogens is 1. The van der Waals surface area contributed by atoms with Gasteiger partial charge < -0.3 is 23.8 Å². The van der Waals surface area contributed by atoms with Crippen LogP contribution >= 0.6 is 0 Å². The SMILES string of the molecule is CC(C)(O)c1n[n+](C(F)F)c(C(=O)N2Cc3[nH]cnc3[C@H]2c2nc3ccccc3o2)o1. The van der Waals surface area contributed by atoms with Crippen molar-refractivity contribution in [3.05, 3.63) is 59.7 Å². The highest BCUT2D eigenvalue weighted by Crippen LogP contribution is 2.38. The zero-order valence-electron chi connectivity index (χ0n) is 16.4. The van der Waals surface area contributed by atoms with Gasteiger partial charge in [-0.2, -0.15) is 0 Å². The molecule has 1 amide bonds. The molecule has 0 saturated heterocycles. The lowest BCUT2D eigenvalue weighted by atomic mass is 10.1. The maximum Gasteiger partial charge on any atom is 0.478 e. The monoisotopic (exact) mass is 431 g/mol. The molecule has 4 heterocycles. The second kappa shape index (κ2) is 6.67. The van der Waals surface area contributed by atoms with Gasteiger partial charge in [0.1, 0.15) is 11.1 Å². The van der Waals surface area contributed by atoms with Crippen LogP contribution in [0.4, 0.5) is 8.78 Å². The zero-order valence-corrected chi connectivity index (χ0v) is 16.4. The number of nitrogens with one attached hydrogen (secondary N) is 1. The molecule has 4 aromatic rings. The van der Waals surface area contributed by atoms with E-state index in [1.54, 1.807) is 24.3 Å². The summed E-state index contributed by atoms with van der Waals surface area (Å²) in [6.45, 7) is -0.483. The number of carbonyl (C=O) groups excluding carboxylic acids is 1. The average Bonchev–Trinajstić information content (AvgIpc) is 3.46. The van der Waals surface area contributed by atoms with Crippen LogP contribution in [0.3, 0.4) is 0 Å². The molecule has 31 heavy (non-hydrogen) atoms. The van der Waals surface area contributed by atoms with Crippen LogP contribution < -0.4 is 4.68 Å². The summed E-state index contributed by atoms with van der Waals surface area (Å²) in [6.07, 6.45) is 1.47. The van der Waals surface area contributed by atoms with Gasteiger partial charge in [0.15, 0.2) is 11.6 Å². The van der Waals surface area contributed by atoms with Gasteiger partial charge >= 0.3 is 18.3 Å². The van der Waals surface area contributed by atoms with E-state index in [9.17, 15) is 18.7 Å². The Morgan fingerprint density at radius 3 is 2.84 bits per heavy atom. The quantitative estimate of drug-likeness (QED) is 0.475. The van der Waals surface area contributed by atoms with Crippen LogP contribution in [0.2, 0.25) is 0 Å². The van der Waals surface area contributed by atoms with E-state index in [4.69, 9.17) is 8.83 Å². The van der Waals surface area contributed by atoms with Gasteiger partial charge in [0.05, 0.1) is 24.3 Å². The Balaban J connectivity index is 1.60. The number of benzene rings is 1. The van der Waals surface area contributed by atoms with E-state index in [2.05, 4.69) is 20.1 Å². The number of aromatic amines is 1. The topological polar surface area (TPSA) is 125 Å². The Morgan fingerprint density at radius 1 is 1.35 bits per heavy atom. The van der Waals surface area contributed by atoms with Gasteiger partial charge in [0, 0.05) is 9.78 Å². The van der Waals surface area contributed by atoms with Gasteiger partial charge in [0.25, 0.3) is 5.89 Å². The van der Waals surface area contributed by atoms with Crippen molar-refractivity contribution in [1.29, 1.82) is 0 Å². The van der Waals surface area contributed by atoms with Crippen molar-refractivity contribution in [3.8, 4) is 0 Å². The summed E-state index contributed by atoms with van der Waals surface area (Å²) in [7, 11) is 0. The molecule has 1 aliphatic rings. The first-order valence-corrected chi connectivity index (χ1v) is 9.36. The zero-order chi connectivity index (χ0) is 21.9. The first-order chi connectivity index (χ1) is 14.7. The Labute approximate surface area is 173 Å². The largest absolute Gasteiger partial charge is 0.478 e. The number of para-hydroxylation sites is 2.